The molecular formula is C9H10Cl2N2. The molecule has 0 aromatic heterocycles. The molecule has 1 unspecified atom stereocenters. The van der Waals surface area contributed by atoms with Gasteiger partial charge < -0.3 is 5.73 Å². The van der Waals surface area contributed by atoms with E-state index < -0.39 is 0 Å². The third-order valence-corrected chi connectivity index (χ3v) is 1.79. The maximum absolute atomic E-state index is 8.62. The van der Waals surface area contributed by atoms with Gasteiger partial charge in [0, 0.05) is 11.1 Å². The van der Waals surface area contributed by atoms with E-state index in [0.717, 1.165) is 5.56 Å². The Hall–Kier alpha value is -0.750. The van der Waals surface area contributed by atoms with Gasteiger partial charge in [0.15, 0.2) is 0 Å². The molecule has 0 heterocycles. The minimum atomic E-state index is -0.0872. The van der Waals surface area contributed by atoms with Gasteiger partial charge >= 0.3 is 0 Å². The summed E-state index contributed by atoms with van der Waals surface area (Å²) in [6, 6.07) is 7.07. The standard InChI is InChI=1S/C9H9ClN2.ClH/c1-6(12)8-2-7(5-11)3-9(10)4-8;/h2-4,6H,12H2,1H3;1H. The number of halogens is 2. The van der Waals surface area contributed by atoms with Crippen LogP contribution in [-0.2, 0) is 0 Å². The fourth-order valence-corrected chi connectivity index (χ4v) is 1.18. The summed E-state index contributed by atoms with van der Waals surface area (Å²) in [5.41, 5.74) is 7.08. The lowest BCUT2D eigenvalue weighted by Crippen LogP contribution is -2.04. The summed E-state index contributed by atoms with van der Waals surface area (Å²) in [5, 5.41) is 9.18. The van der Waals surface area contributed by atoms with Crippen LogP contribution in [0.3, 0.4) is 0 Å². The van der Waals surface area contributed by atoms with Crippen molar-refractivity contribution in [3.05, 3.63) is 34.3 Å². The van der Waals surface area contributed by atoms with Crippen molar-refractivity contribution in [3.8, 4) is 6.07 Å². The molecule has 0 aliphatic carbocycles. The van der Waals surface area contributed by atoms with Crippen LogP contribution in [0.15, 0.2) is 18.2 Å². The van der Waals surface area contributed by atoms with Gasteiger partial charge in [0.2, 0.25) is 0 Å². The minimum absolute atomic E-state index is 0. The number of nitrogens with zero attached hydrogens (tertiary/aromatic N) is 1. The van der Waals surface area contributed by atoms with Crippen LogP contribution < -0.4 is 5.73 Å². The third kappa shape index (κ3) is 3.23. The first-order valence-electron chi connectivity index (χ1n) is 3.59. The van der Waals surface area contributed by atoms with Crippen LogP contribution in [0.25, 0.3) is 0 Å². The maximum Gasteiger partial charge on any atom is 0.0992 e. The van der Waals surface area contributed by atoms with Gasteiger partial charge in [-0.1, -0.05) is 11.6 Å². The van der Waals surface area contributed by atoms with Crippen molar-refractivity contribution in [2.45, 2.75) is 13.0 Å². The summed E-state index contributed by atoms with van der Waals surface area (Å²) in [6.45, 7) is 1.85. The molecule has 0 saturated heterocycles. The van der Waals surface area contributed by atoms with Crippen molar-refractivity contribution < 1.29 is 0 Å². The van der Waals surface area contributed by atoms with E-state index in [1.54, 1.807) is 18.2 Å². The zero-order valence-electron chi connectivity index (χ0n) is 7.12. The largest absolute Gasteiger partial charge is 0.324 e. The summed E-state index contributed by atoms with van der Waals surface area (Å²) in [4.78, 5) is 0. The van der Waals surface area contributed by atoms with E-state index in [1.165, 1.54) is 0 Å². The zero-order chi connectivity index (χ0) is 9.14. The van der Waals surface area contributed by atoms with Crippen molar-refractivity contribution >= 4 is 24.0 Å². The van der Waals surface area contributed by atoms with E-state index in [2.05, 4.69) is 0 Å². The second-order valence-corrected chi connectivity index (χ2v) is 3.11. The highest BCUT2D eigenvalue weighted by Crippen LogP contribution is 2.18. The van der Waals surface area contributed by atoms with Gasteiger partial charge in [0.05, 0.1) is 11.6 Å². The fourth-order valence-electron chi connectivity index (χ4n) is 0.940. The lowest BCUT2D eigenvalue weighted by molar-refractivity contribution is 0.818. The van der Waals surface area contributed by atoms with Crippen molar-refractivity contribution in [2.75, 3.05) is 0 Å². The van der Waals surface area contributed by atoms with E-state index in [0.29, 0.717) is 10.6 Å². The smallest absolute Gasteiger partial charge is 0.0992 e. The number of hydrogen-bond donors (Lipinski definition) is 1. The Labute approximate surface area is 88.7 Å². The number of rotatable bonds is 1. The highest BCUT2D eigenvalue weighted by atomic mass is 35.5. The summed E-state index contributed by atoms with van der Waals surface area (Å²) < 4.78 is 0. The Morgan fingerprint density at radius 2 is 2.08 bits per heavy atom. The van der Waals surface area contributed by atoms with Crippen LogP contribution in [0.2, 0.25) is 5.02 Å². The first-order valence-corrected chi connectivity index (χ1v) is 3.97. The van der Waals surface area contributed by atoms with Gasteiger partial charge in [-0.2, -0.15) is 5.26 Å². The molecule has 1 atom stereocenters. The second kappa shape index (κ2) is 5.08. The van der Waals surface area contributed by atoms with Gasteiger partial charge in [-0.05, 0) is 30.7 Å². The average molecular weight is 217 g/mol. The lowest BCUT2D eigenvalue weighted by Gasteiger charge is -2.05. The molecule has 70 valence electrons. The van der Waals surface area contributed by atoms with E-state index in [9.17, 15) is 0 Å². The fraction of sp³-hybridized carbons (Fsp3) is 0.222. The first kappa shape index (κ1) is 12.2. The molecule has 0 amide bonds. The van der Waals surface area contributed by atoms with Crippen LogP contribution in [0, 0.1) is 11.3 Å². The van der Waals surface area contributed by atoms with Gasteiger partial charge in [0.25, 0.3) is 0 Å². The highest BCUT2D eigenvalue weighted by Gasteiger charge is 2.02. The Kier molecular flexibility index (Phi) is 4.79. The summed E-state index contributed by atoms with van der Waals surface area (Å²) >= 11 is 5.77. The Morgan fingerprint density at radius 1 is 1.46 bits per heavy atom. The maximum atomic E-state index is 8.62. The Bertz CT molecular complexity index is 329. The minimum Gasteiger partial charge on any atom is -0.324 e. The predicted molar refractivity (Wildman–Crippen MR) is 56.0 cm³/mol. The topological polar surface area (TPSA) is 49.8 Å². The zero-order valence-corrected chi connectivity index (χ0v) is 8.69. The van der Waals surface area contributed by atoms with E-state index in [-0.39, 0.29) is 18.4 Å². The van der Waals surface area contributed by atoms with Gasteiger partial charge in [-0.15, -0.1) is 12.4 Å². The van der Waals surface area contributed by atoms with Gasteiger partial charge in [-0.25, -0.2) is 0 Å². The molecule has 2 N–H and O–H groups in total. The summed E-state index contributed by atoms with van der Waals surface area (Å²) in [5.74, 6) is 0. The highest BCUT2D eigenvalue weighted by molar-refractivity contribution is 6.30. The van der Waals surface area contributed by atoms with Gasteiger partial charge in [-0.3, -0.25) is 0 Å². The lowest BCUT2D eigenvalue weighted by atomic mass is 10.1. The monoisotopic (exact) mass is 216 g/mol. The van der Waals surface area contributed by atoms with Crippen LogP contribution in [0.5, 0.6) is 0 Å². The third-order valence-electron chi connectivity index (χ3n) is 1.57. The molecule has 1 aromatic rings. The van der Waals surface area contributed by atoms with Crippen molar-refractivity contribution in [3.63, 3.8) is 0 Å². The number of benzene rings is 1. The normalized spacial score (nSPS) is 11.2. The van der Waals surface area contributed by atoms with Crippen LogP contribution in [0.4, 0.5) is 0 Å². The Balaban J connectivity index is 0.00000144. The van der Waals surface area contributed by atoms with Crippen molar-refractivity contribution in [1.29, 1.82) is 5.26 Å². The molecule has 0 spiro atoms. The van der Waals surface area contributed by atoms with E-state index in [4.69, 9.17) is 22.6 Å². The van der Waals surface area contributed by atoms with E-state index >= 15 is 0 Å². The number of nitrogens with two attached hydrogens (primary N) is 1. The van der Waals surface area contributed by atoms with Gasteiger partial charge in [0.1, 0.15) is 0 Å². The Morgan fingerprint density at radius 3 is 2.54 bits per heavy atom. The first-order chi connectivity index (χ1) is 5.63. The van der Waals surface area contributed by atoms with Crippen LogP contribution in [-0.4, -0.2) is 0 Å². The average Bonchev–Trinajstić information content (AvgIpc) is 2.03. The molecule has 0 fully saturated rings. The molecule has 1 aromatic carbocycles. The molecule has 4 heteroatoms. The second-order valence-electron chi connectivity index (χ2n) is 2.67. The molecule has 1 rings (SSSR count). The summed E-state index contributed by atoms with van der Waals surface area (Å²) in [6.07, 6.45) is 0. The predicted octanol–water partition coefficient (Wildman–Crippen LogP) is 2.65. The van der Waals surface area contributed by atoms with Crippen LogP contribution >= 0.6 is 24.0 Å². The molecule has 0 aliphatic heterocycles. The van der Waals surface area contributed by atoms with E-state index in [1.807, 2.05) is 13.0 Å². The number of hydrogen-bond acceptors (Lipinski definition) is 2. The molecular weight excluding hydrogens is 207 g/mol. The molecule has 0 bridgehead atoms. The number of nitriles is 1. The van der Waals surface area contributed by atoms with Crippen LogP contribution in [0.1, 0.15) is 24.1 Å². The molecule has 2 nitrogen and oxygen atoms in total. The molecule has 0 saturated carbocycles. The summed E-state index contributed by atoms with van der Waals surface area (Å²) in [7, 11) is 0. The van der Waals surface area contributed by atoms with Crippen molar-refractivity contribution in [2.24, 2.45) is 5.73 Å². The molecule has 13 heavy (non-hydrogen) atoms. The SMILES string of the molecule is CC(N)c1cc(Cl)cc(C#N)c1.Cl. The molecule has 0 aliphatic rings. The quantitative estimate of drug-likeness (QED) is 0.785. The molecule has 0 radical (unpaired) electrons. The van der Waals surface area contributed by atoms with Crippen molar-refractivity contribution in [1.82, 2.24) is 0 Å².